The molecule has 0 amide bonds. The van der Waals surface area contributed by atoms with E-state index in [4.69, 9.17) is 9.47 Å². The lowest BCUT2D eigenvalue weighted by Gasteiger charge is -2.38. The van der Waals surface area contributed by atoms with Crippen LogP contribution in [0.15, 0.2) is 78.9 Å². The minimum Gasteiger partial charge on any atom is -0.493 e. The molecule has 1 fully saturated rings. The first kappa shape index (κ1) is 21.5. The monoisotopic (exact) mass is 415 g/mol. The van der Waals surface area contributed by atoms with Crippen LogP contribution < -0.4 is 9.47 Å². The van der Waals surface area contributed by atoms with E-state index in [9.17, 15) is 0 Å². The molecule has 0 saturated carbocycles. The molecule has 0 radical (unpaired) electrons. The maximum atomic E-state index is 5.53. The Morgan fingerprint density at radius 1 is 0.806 bits per heavy atom. The zero-order valence-electron chi connectivity index (χ0n) is 18.7. The molecule has 4 rings (SSSR count). The molecule has 0 bridgehead atoms. The summed E-state index contributed by atoms with van der Waals surface area (Å²) < 4.78 is 10.9. The van der Waals surface area contributed by atoms with Crippen LogP contribution in [0.4, 0.5) is 0 Å². The molecule has 1 heterocycles. The minimum absolute atomic E-state index is 0.415. The van der Waals surface area contributed by atoms with Crippen LogP contribution in [0.2, 0.25) is 0 Å². The Morgan fingerprint density at radius 2 is 1.45 bits per heavy atom. The third kappa shape index (κ3) is 5.29. The Balaban J connectivity index is 1.56. The van der Waals surface area contributed by atoms with E-state index in [1.54, 1.807) is 14.2 Å². The summed E-state index contributed by atoms with van der Waals surface area (Å²) in [7, 11) is 3.39. The fourth-order valence-corrected chi connectivity index (χ4v) is 4.86. The third-order valence-electron chi connectivity index (χ3n) is 6.49. The van der Waals surface area contributed by atoms with Crippen LogP contribution in [-0.2, 0) is 6.54 Å². The van der Waals surface area contributed by atoms with Gasteiger partial charge in [0.1, 0.15) is 0 Å². The van der Waals surface area contributed by atoms with Gasteiger partial charge in [-0.05, 0) is 54.6 Å². The molecule has 162 valence electrons. The normalized spacial score (nSPS) is 16.9. The second-order valence-corrected chi connectivity index (χ2v) is 8.42. The van der Waals surface area contributed by atoms with Crippen molar-refractivity contribution in [2.24, 2.45) is 0 Å². The third-order valence-corrected chi connectivity index (χ3v) is 6.49. The van der Waals surface area contributed by atoms with Gasteiger partial charge in [0.2, 0.25) is 0 Å². The average molecular weight is 416 g/mol. The van der Waals surface area contributed by atoms with E-state index in [-0.39, 0.29) is 0 Å². The average Bonchev–Trinajstić information content (AvgIpc) is 2.84. The first-order valence-electron chi connectivity index (χ1n) is 11.3. The SMILES string of the molecule is COc1ccc(CN2CCCCC2CC(c2ccccc2)c2ccccc2)cc1OC. The van der Waals surface area contributed by atoms with Crippen molar-refractivity contribution >= 4 is 0 Å². The van der Waals surface area contributed by atoms with Crippen molar-refractivity contribution in [1.29, 1.82) is 0 Å². The van der Waals surface area contributed by atoms with E-state index in [2.05, 4.69) is 77.7 Å². The predicted molar refractivity (Wildman–Crippen MR) is 127 cm³/mol. The summed E-state index contributed by atoms with van der Waals surface area (Å²) in [6.45, 7) is 2.09. The van der Waals surface area contributed by atoms with Crippen molar-refractivity contribution in [3.05, 3.63) is 95.6 Å². The quantitative estimate of drug-likeness (QED) is 0.432. The summed E-state index contributed by atoms with van der Waals surface area (Å²) >= 11 is 0. The molecule has 0 aliphatic carbocycles. The van der Waals surface area contributed by atoms with Crippen molar-refractivity contribution in [3.8, 4) is 11.5 Å². The van der Waals surface area contributed by atoms with Crippen LogP contribution in [0.3, 0.4) is 0 Å². The van der Waals surface area contributed by atoms with Gasteiger partial charge in [-0.1, -0.05) is 73.2 Å². The van der Waals surface area contributed by atoms with E-state index >= 15 is 0 Å². The number of benzene rings is 3. The highest BCUT2D eigenvalue weighted by atomic mass is 16.5. The Labute approximate surface area is 186 Å². The molecule has 1 unspecified atom stereocenters. The van der Waals surface area contributed by atoms with Gasteiger partial charge in [0.25, 0.3) is 0 Å². The van der Waals surface area contributed by atoms with Gasteiger partial charge in [0, 0.05) is 18.5 Å². The Bertz CT molecular complexity index is 902. The maximum absolute atomic E-state index is 5.53. The van der Waals surface area contributed by atoms with Gasteiger partial charge in [-0.3, -0.25) is 4.90 Å². The highest BCUT2D eigenvalue weighted by Crippen LogP contribution is 2.35. The Kier molecular flexibility index (Phi) is 7.26. The minimum atomic E-state index is 0.415. The van der Waals surface area contributed by atoms with Crippen LogP contribution >= 0.6 is 0 Å². The van der Waals surface area contributed by atoms with Crippen LogP contribution in [0.1, 0.15) is 48.3 Å². The number of rotatable bonds is 8. The Morgan fingerprint density at radius 3 is 2.06 bits per heavy atom. The van der Waals surface area contributed by atoms with Crippen LogP contribution in [0.25, 0.3) is 0 Å². The molecule has 3 nitrogen and oxygen atoms in total. The number of hydrogen-bond donors (Lipinski definition) is 0. The number of methoxy groups -OCH3 is 2. The largest absolute Gasteiger partial charge is 0.493 e. The summed E-state index contributed by atoms with van der Waals surface area (Å²) in [5.74, 6) is 2.01. The van der Waals surface area contributed by atoms with Gasteiger partial charge < -0.3 is 9.47 Å². The van der Waals surface area contributed by atoms with Crippen molar-refractivity contribution in [2.75, 3.05) is 20.8 Å². The standard InChI is InChI=1S/C28H33NO2/c1-30-27-17-16-22(19-28(27)31-2)21-29-18-10-9-15-25(29)20-26(23-11-5-3-6-12-23)24-13-7-4-8-14-24/h3-8,11-14,16-17,19,25-26H,9-10,15,18,20-21H2,1-2H3. The van der Waals surface area contributed by atoms with Crippen LogP contribution in [0.5, 0.6) is 11.5 Å². The van der Waals surface area contributed by atoms with Gasteiger partial charge >= 0.3 is 0 Å². The highest BCUT2D eigenvalue weighted by Gasteiger charge is 2.27. The fraction of sp³-hybridized carbons (Fsp3) is 0.357. The fourth-order valence-electron chi connectivity index (χ4n) is 4.86. The molecule has 1 atom stereocenters. The van der Waals surface area contributed by atoms with Crippen molar-refractivity contribution in [2.45, 2.75) is 44.2 Å². The molecule has 1 saturated heterocycles. The lowest BCUT2D eigenvalue weighted by atomic mass is 9.83. The number of nitrogens with zero attached hydrogens (tertiary/aromatic N) is 1. The summed E-state index contributed by atoms with van der Waals surface area (Å²) in [5, 5.41) is 0. The highest BCUT2D eigenvalue weighted by molar-refractivity contribution is 5.43. The number of likely N-dealkylation sites (tertiary alicyclic amines) is 1. The van der Waals surface area contributed by atoms with Crippen LogP contribution in [-0.4, -0.2) is 31.7 Å². The summed E-state index contributed by atoms with van der Waals surface area (Å²) in [4.78, 5) is 2.67. The first-order valence-corrected chi connectivity index (χ1v) is 11.3. The zero-order chi connectivity index (χ0) is 21.5. The molecule has 0 spiro atoms. The first-order chi connectivity index (χ1) is 15.3. The summed E-state index contributed by atoms with van der Waals surface area (Å²) in [6.07, 6.45) is 4.97. The van der Waals surface area contributed by atoms with E-state index < -0.39 is 0 Å². The van der Waals surface area contributed by atoms with Gasteiger partial charge in [0.05, 0.1) is 14.2 Å². The molecular weight excluding hydrogens is 382 g/mol. The van der Waals surface area contributed by atoms with Crippen LogP contribution in [0, 0.1) is 0 Å². The molecule has 3 aromatic rings. The van der Waals surface area contributed by atoms with Gasteiger partial charge in [-0.2, -0.15) is 0 Å². The topological polar surface area (TPSA) is 21.7 Å². The summed E-state index contributed by atoms with van der Waals surface area (Å²) in [6, 6.07) is 28.8. The lowest BCUT2D eigenvalue weighted by molar-refractivity contribution is 0.128. The molecule has 0 aromatic heterocycles. The van der Waals surface area contributed by atoms with Gasteiger partial charge in [-0.15, -0.1) is 0 Å². The predicted octanol–water partition coefficient (Wildman–Crippen LogP) is 6.28. The van der Waals surface area contributed by atoms with Crippen molar-refractivity contribution in [3.63, 3.8) is 0 Å². The second-order valence-electron chi connectivity index (χ2n) is 8.42. The molecule has 1 aliphatic heterocycles. The van der Waals surface area contributed by atoms with E-state index in [1.165, 1.54) is 36.0 Å². The molecular formula is C28H33NO2. The second kappa shape index (κ2) is 10.5. The Hall–Kier alpha value is -2.78. The molecule has 0 N–H and O–H groups in total. The number of piperidine rings is 1. The lowest BCUT2D eigenvalue weighted by Crippen LogP contribution is -2.40. The number of ether oxygens (including phenoxy) is 2. The van der Waals surface area contributed by atoms with Crippen molar-refractivity contribution < 1.29 is 9.47 Å². The zero-order valence-corrected chi connectivity index (χ0v) is 18.7. The van der Waals surface area contributed by atoms with Gasteiger partial charge in [-0.25, -0.2) is 0 Å². The smallest absolute Gasteiger partial charge is 0.161 e. The molecule has 31 heavy (non-hydrogen) atoms. The molecule has 3 aromatic carbocycles. The maximum Gasteiger partial charge on any atom is 0.161 e. The van der Waals surface area contributed by atoms with E-state index in [0.717, 1.165) is 31.0 Å². The van der Waals surface area contributed by atoms with E-state index in [0.29, 0.717) is 12.0 Å². The molecule has 3 heteroatoms. The number of hydrogen-bond acceptors (Lipinski definition) is 3. The molecule has 1 aliphatic rings. The summed E-state index contributed by atoms with van der Waals surface area (Å²) in [5.41, 5.74) is 4.09. The van der Waals surface area contributed by atoms with Gasteiger partial charge in [0.15, 0.2) is 11.5 Å². The van der Waals surface area contributed by atoms with E-state index in [1.807, 2.05) is 6.07 Å². The van der Waals surface area contributed by atoms with Crippen molar-refractivity contribution in [1.82, 2.24) is 4.90 Å².